The van der Waals surface area contributed by atoms with Gasteiger partial charge in [0.1, 0.15) is 21.6 Å². The summed E-state index contributed by atoms with van der Waals surface area (Å²) in [6, 6.07) is 8.62. The highest BCUT2D eigenvalue weighted by atomic mass is 79.9. The summed E-state index contributed by atoms with van der Waals surface area (Å²) >= 11 is 4.60. The summed E-state index contributed by atoms with van der Waals surface area (Å²) in [7, 11) is 0. The fourth-order valence-electron chi connectivity index (χ4n) is 3.40. The Morgan fingerprint density at radius 3 is 2.84 bits per heavy atom. The zero-order valence-electron chi connectivity index (χ0n) is 16.2. The Labute approximate surface area is 186 Å². The largest absolute Gasteiger partial charge is 0.457 e. The van der Waals surface area contributed by atoms with Crippen LogP contribution in [0.2, 0.25) is 0 Å². The van der Waals surface area contributed by atoms with Gasteiger partial charge in [0.15, 0.2) is 10.6 Å². The van der Waals surface area contributed by atoms with Crippen molar-refractivity contribution in [2.75, 3.05) is 0 Å². The number of furan rings is 1. The highest BCUT2D eigenvalue weighted by Gasteiger charge is 2.17. The van der Waals surface area contributed by atoms with Crippen molar-refractivity contribution in [2.24, 2.45) is 0 Å². The van der Waals surface area contributed by atoms with Gasteiger partial charge in [0, 0.05) is 33.9 Å². The maximum Gasteiger partial charge on any atom is 0.276 e. The highest BCUT2D eigenvalue weighted by molar-refractivity contribution is 9.10. The van der Waals surface area contributed by atoms with Crippen molar-refractivity contribution >= 4 is 55.2 Å². The molecule has 5 rings (SSSR count). The third kappa shape index (κ3) is 3.24. The van der Waals surface area contributed by atoms with Gasteiger partial charge in [-0.1, -0.05) is 11.3 Å². The second-order valence-electron chi connectivity index (χ2n) is 7.04. The molecule has 0 aliphatic carbocycles. The van der Waals surface area contributed by atoms with Crippen LogP contribution in [0.1, 0.15) is 16.9 Å². The lowest BCUT2D eigenvalue weighted by Gasteiger charge is -2.04. The molecule has 0 atom stereocenters. The number of nitrogens with zero attached hydrogens (tertiary/aromatic N) is 4. The molecular weight excluding hydrogens is 484 g/mol. The van der Waals surface area contributed by atoms with Gasteiger partial charge in [-0.2, -0.15) is 0 Å². The molecule has 5 aromatic rings. The quantitative estimate of drug-likeness (QED) is 0.271. The maximum absolute atomic E-state index is 12.9. The van der Waals surface area contributed by atoms with Crippen LogP contribution in [-0.2, 0) is 0 Å². The number of rotatable bonds is 3. The summed E-state index contributed by atoms with van der Waals surface area (Å²) < 4.78 is 8.60. The molecule has 0 aliphatic rings. The molecule has 0 spiro atoms. The molecule has 0 bridgehead atoms. The number of thiazole rings is 1. The molecule has 4 aromatic heterocycles. The van der Waals surface area contributed by atoms with Crippen molar-refractivity contribution in [1.29, 1.82) is 0 Å². The van der Waals surface area contributed by atoms with E-state index in [9.17, 15) is 14.9 Å². The monoisotopic (exact) mass is 496 g/mol. The lowest BCUT2D eigenvalue weighted by molar-refractivity contribution is -0.385. The predicted molar refractivity (Wildman–Crippen MR) is 121 cm³/mol. The molecule has 0 unspecified atom stereocenters. The summed E-state index contributed by atoms with van der Waals surface area (Å²) in [6.07, 6.45) is 3.27. The first-order valence-corrected chi connectivity index (χ1v) is 10.8. The number of benzene rings is 1. The normalized spacial score (nSPS) is 12.3. The molecule has 0 aliphatic heterocycles. The van der Waals surface area contributed by atoms with Crippen molar-refractivity contribution < 1.29 is 9.34 Å². The number of hydrogen-bond donors (Lipinski definition) is 0. The molecule has 0 saturated heterocycles. The summed E-state index contributed by atoms with van der Waals surface area (Å²) in [5.41, 5.74) is 3.00. The molecule has 0 saturated carbocycles. The third-order valence-electron chi connectivity index (χ3n) is 5.07. The third-order valence-corrected chi connectivity index (χ3v) is 6.47. The molecule has 0 N–H and O–H groups in total. The van der Waals surface area contributed by atoms with E-state index < -0.39 is 4.92 Å². The van der Waals surface area contributed by atoms with Crippen LogP contribution in [0, 0.1) is 24.0 Å². The smallest absolute Gasteiger partial charge is 0.276 e. The van der Waals surface area contributed by atoms with E-state index in [0.717, 1.165) is 10.0 Å². The second-order valence-corrected chi connectivity index (χ2v) is 8.96. The Morgan fingerprint density at radius 2 is 2.06 bits per heavy atom. The van der Waals surface area contributed by atoms with E-state index in [1.807, 2.05) is 19.1 Å². The first-order chi connectivity index (χ1) is 14.8. The lowest BCUT2D eigenvalue weighted by Crippen LogP contribution is -2.22. The fraction of sp³-hybridized carbons (Fsp3) is 0.0952. The van der Waals surface area contributed by atoms with Crippen molar-refractivity contribution in [3.05, 3.63) is 82.9 Å². The molecule has 0 radical (unpaired) electrons. The van der Waals surface area contributed by atoms with E-state index >= 15 is 0 Å². The van der Waals surface area contributed by atoms with Crippen molar-refractivity contribution in [1.82, 2.24) is 14.4 Å². The van der Waals surface area contributed by atoms with Gasteiger partial charge in [-0.15, -0.1) is 0 Å². The maximum atomic E-state index is 12.9. The molecule has 0 fully saturated rings. The number of nitro benzene ring substituents is 1. The summed E-state index contributed by atoms with van der Waals surface area (Å²) in [4.78, 5) is 33.2. The van der Waals surface area contributed by atoms with Gasteiger partial charge in [-0.3, -0.25) is 14.9 Å². The van der Waals surface area contributed by atoms with Gasteiger partial charge in [0.05, 0.1) is 4.92 Å². The predicted octanol–water partition coefficient (Wildman–Crippen LogP) is 4.40. The lowest BCUT2D eigenvalue weighted by atomic mass is 10.0. The van der Waals surface area contributed by atoms with E-state index in [1.54, 1.807) is 31.3 Å². The SMILES string of the molecule is Cc1cc(-c2ccc(/C=c3\sc4nc5cc(Br)cnc5n4c3=O)o2)cc([N+](=O)[O-])c1C. The molecule has 0 amide bonds. The zero-order valence-corrected chi connectivity index (χ0v) is 18.7. The minimum absolute atomic E-state index is 0.0456. The molecule has 4 heterocycles. The average molecular weight is 497 g/mol. The van der Waals surface area contributed by atoms with E-state index in [0.29, 0.717) is 43.3 Å². The topological polar surface area (TPSA) is 104 Å². The number of aromatic nitrogens is 3. The zero-order chi connectivity index (χ0) is 21.9. The van der Waals surface area contributed by atoms with Crippen LogP contribution in [0.3, 0.4) is 0 Å². The van der Waals surface area contributed by atoms with E-state index in [2.05, 4.69) is 25.9 Å². The minimum atomic E-state index is -0.399. The highest BCUT2D eigenvalue weighted by Crippen LogP contribution is 2.31. The molecule has 8 nitrogen and oxygen atoms in total. The number of nitro groups is 1. The Balaban J connectivity index is 1.60. The number of halogens is 1. The van der Waals surface area contributed by atoms with Crippen LogP contribution in [0.15, 0.2) is 50.2 Å². The van der Waals surface area contributed by atoms with Crippen LogP contribution >= 0.6 is 27.3 Å². The van der Waals surface area contributed by atoms with Crippen LogP contribution in [0.4, 0.5) is 5.69 Å². The van der Waals surface area contributed by atoms with Gasteiger partial charge in [-0.25, -0.2) is 14.4 Å². The molecular formula is C21H13BrN4O4S. The Bertz CT molecular complexity index is 1630. The number of aryl methyl sites for hydroxylation is 1. The van der Waals surface area contributed by atoms with E-state index in [1.165, 1.54) is 21.8 Å². The fourth-order valence-corrected chi connectivity index (χ4v) is 4.68. The number of imidazole rings is 1. The summed E-state index contributed by atoms with van der Waals surface area (Å²) in [5.74, 6) is 0.959. The summed E-state index contributed by atoms with van der Waals surface area (Å²) in [5, 5.41) is 11.3. The number of pyridine rings is 1. The molecule has 154 valence electrons. The second kappa shape index (κ2) is 7.10. The van der Waals surface area contributed by atoms with Gasteiger partial charge < -0.3 is 4.42 Å². The molecule has 1 aromatic carbocycles. The first kappa shape index (κ1) is 19.6. The van der Waals surface area contributed by atoms with Crippen LogP contribution in [-0.4, -0.2) is 19.3 Å². The number of hydrogen-bond acceptors (Lipinski definition) is 7. The van der Waals surface area contributed by atoms with Crippen LogP contribution in [0.5, 0.6) is 0 Å². The van der Waals surface area contributed by atoms with E-state index in [-0.39, 0.29) is 11.2 Å². The first-order valence-electron chi connectivity index (χ1n) is 9.16. The average Bonchev–Trinajstić information content (AvgIpc) is 3.39. The Kier molecular flexibility index (Phi) is 4.49. The van der Waals surface area contributed by atoms with Gasteiger partial charge in [-0.05, 0) is 59.6 Å². The van der Waals surface area contributed by atoms with Crippen LogP contribution in [0.25, 0.3) is 33.5 Å². The molecule has 10 heteroatoms. The minimum Gasteiger partial charge on any atom is -0.457 e. The van der Waals surface area contributed by atoms with Gasteiger partial charge in [0.2, 0.25) is 0 Å². The van der Waals surface area contributed by atoms with Crippen molar-refractivity contribution in [3.63, 3.8) is 0 Å². The number of fused-ring (bicyclic) bond motifs is 3. The standard InChI is InChI=1S/C21H13BrN4O4S/c1-10-5-12(6-16(11(10)2)26(28)29)17-4-3-14(30-17)8-18-20(27)25-19-15(24-21(25)31-18)7-13(22)9-23-19/h3-9H,1-2H3/b18-8-. The Hall–Kier alpha value is -3.37. The van der Waals surface area contributed by atoms with Gasteiger partial charge in [0.25, 0.3) is 11.2 Å². The van der Waals surface area contributed by atoms with Crippen molar-refractivity contribution in [2.45, 2.75) is 13.8 Å². The van der Waals surface area contributed by atoms with Crippen molar-refractivity contribution in [3.8, 4) is 11.3 Å². The molecule has 31 heavy (non-hydrogen) atoms. The Morgan fingerprint density at radius 1 is 1.26 bits per heavy atom. The van der Waals surface area contributed by atoms with Crippen LogP contribution < -0.4 is 10.1 Å². The van der Waals surface area contributed by atoms with E-state index in [4.69, 9.17) is 4.42 Å². The van der Waals surface area contributed by atoms with Gasteiger partial charge >= 0.3 is 0 Å². The summed E-state index contributed by atoms with van der Waals surface area (Å²) in [6.45, 7) is 3.54.